The molecule has 2 aliphatic rings. The largest absolute Gasteiger partial charge is 0.352 e. The maximum Gasteiger partial charge on any atom is 0.243 e. The van der Waals surface area contributed by atoms with Gasteiger partial charge in [-0.25, -0.2) is 0 Å². The Morgan fingerprint density at radius 1 is 1.39 bits per heavy atom. The molecule has 18 heavy (non-hydrogen) atoms. The van der Waals surface area contributed by atoms with Crippen LogP contribution >= 0.6 is 0 Å². The van der Waals surface area contributed by atoms with E-state index in [0.29, 0.717) is 25.6 Å². The summed E-state index contributed by atoms with van der Waals surface area (Å²) in [6, 6.07) is 0.106. The number of hydrogen-bond acceptors (Lipinski definition) is 3. The number of hydrogen-bond donors (Lipinski definition) is 2. The van der Waals surface area contributed by atoms with E-state index in [4.69, 9.17) is 5.73 Å². The molecule has 2 unspecified atom stereocenters. The van der Waals surface area contributed by atoms with Gasteiger partial charge in [0.25, 0.3) is 0 Å². The number of carbonyl (C=O) groups is 2. The molecule has 3 N–H and O–H groups in total. The first kappa shape index (κ1) is 13.3. The van der Waals surface area contributed by atoms with Gasteiger partial charge in [0.05, 0.1) is 0 Å². The average molecular weight is 253 g/mol. The molecule has 0 aromatic heterocycles. The standard InChI is InChI=1S/C13H23N3O2/c1-9(6-7-14)13(18)16-8-2-3-11(16)12(17)15-10-4-5-10/h9-11H,2-8,14H2,1H3,(H,15,17). The number of nitrogens with two attached hydrogens (primary N) is 1. The van der Waals surface area contributed by atoms with Crippen molar-refractivity contribution in [1.82, 2.24) is 10.2 Å². The molecule has 0 bridgehead atoms. The summed E-state index contributed by atoms with van der Waals surface area (Å²) in [7, 11) is 0. The van der Waals surface area contributed by atoms with E-state index in [1.54, 1.807) is 4.90 Å². The first-order valence-electron chi connectivity index (χ1n) is 6.94. The quantitative estimate of drug-likeness (QED) is 0.737. The topological polar surface area (TPSA) is 75.4 Å². The number of nitrogens with zero attached hydrogens (tertiary/aromatic N) is 1. The highest BCUT2D eigenvalue weighted by Crippen LogP contribution is 2.24. The molecule has 2 fully saturated rings. The number of nitrogens with one attached hydrogen (secondary N) is 1. The van der Waals surface area contributed by atoms with Crippen molar-refractivity contribution in [3.63, 3.8) is 0 Å². The molecule has 5 heteroatoms. The highest BCUT2D eigenvalue weighted by molar-refractivity contribution is 5.89. The van der Waals surface area contributed by atoms with Crippen LogP contribution in [0.1, 0.15) is 39.0 Å². The molecule has 0 radical (unpaired) electrons. The van der Waals surface area contributed by atoms with Gasteiger partial charge in [0.1, 0.15) is 6.04 Å². The monoisotopic (exact) mass is 253 g/mol. The van der Waals surface area contributed by atoms with Crippen LogP contribution in [0.15, 0.2) is 0 Å². The SMILES string of the molecule is CC(CCN)C(=O)N1CCCC1C(=O)NC1CC1. The Labute approximate surface area is 108 Å². The van der Waals surface area contributed by atoms with E-state index in [2.05, 4.69) is 5.32 Å². The number of likely N-dealkylation sites (tertiary alicyclic amines) is 1. The van der Waals surface area contributed by atoms with Crippen LogP contribution in [0.2, 0.25) is 0 Å². The predicted molar refractivity (Wildman–Crippen MR) is 68.7 cm³/mol. The minimum Gasteiger partial charge on any atom is -0.352 e. The molecule has 2 rings (SSSR count). The first-order chi connectivity index (χ1) is 8.63. The molecule has 1 heterocycles. The van der Waals surface area contributed by atoms with Crippen LogP contribution < -0.4 is 11.1 Å². The average Bonchev–Trinajstić information content (AvgIpc) is 3.02. The van der Waals surface area contributed by atoms with Crippen LogP contribution in [0.4, 0.5) is 0 Å². The summed E-state index contributed by atoms with van der Waals surface area (Å²) in [5, 5.41) is 2.99. The number of rotatable bonds is 5. The normalized spacial score (nSPS) is 25.0. The minimum atomic E-state index is -0.252. The highest BCUT2D eigenvalue weighted by atomic mass is 16.2. The van der Waals surface area contributed by atoms with Gasteiger partial charge in [0.2, 0.25) is 11.8 Å². The zero-order chi connectivity index (χ0) is 13.1. The van der Waals surface area contributed by atoms with Crippen LogP contribution in [0, 0.1) is 5.92 Å². The highest BCUT2D eigenvalue weighted by Gasteiger charge is 2.37. The van der Waals surface area contributed by atoms with E-state index in [1.165, 1.54) is 0 Å². The molecule has 0 spiro atoms. The van der Waals surface area contributed by atoms with Crippen molar-refractivity contribution in [2.45, 2.75) is 51.1 Å². The summed E-state index contributed by atoms with van der Waals surface area (Å²) in [5.41, 5.74) is 5.48. The van der Waals surface area contributed by atoms with Crippen LogP contribution in [0.3, 0.4) is 0 Å². The fourth-order valence-electron chi connectivity index (χ4n) is 2.48. The molecule has 0 aromatic rings. The van der Waals surface area contributed by atoms with Crippen LogP contribution in [-0.4, -0.2) is 41.9 Å². The Bertz CT molecular complexity index is 328. The third-order valence-corrected chi connectivity index (χ3v) is 3.78. The van der Waals surface area contributed by atoms with Gasteiger partial charge in [-0.05, 0) is 38.6 Å². The Kier molecular flexibility index (Phi) is 4.22. The van der Waals surface area contributed by atoms with Gasteiger partial charge in [-0.3, -0.25) is 9.59 Å². The van der Waals surface area contributed by atoms with E-state index in [9.17, 15) is 9.59 Å². The molecule has 1 saturated heterocycles. The molecular weight excluding hydrogens is 230 g/mol. The summed E-state index contributed by atoms with van der Waals surface area (Å²) in [6.07, 6.45) is 4.56. The molecule has 2 amide bonds. The minimum absolute atomic E-state index is 0.0308. The van der Waals surface area contributed by atoms with Gasteiger partial charge in [0, 0.05) is 18.5 Å². The van der Waals surface area contributed by atoms with Gasteiger partial charge in [0.15, 0.2) is 0 Å². The van der Waals surface area contributed by atoms with Gasteiger partial charge < -0.3 is 16.0 Å². The van der Waals surface area contributed by atoms with Crippen molar-refractivity contribution in [2.75, 3.05) is 13.1 Å². The Hall–Kier alpha value is -1.10. The predicted octanol–water partition coefficient (Wildman–Crippen LogP) is 0.241. The number of carbonyl (C=O) groups excluding carboxylic acids is 2. The first-order valence-corrected chi connectivity index (χ1v) is 6.94. The van der Waals surface area contributed by atoms with Crippen molar-refractivity contribution in [2.24, 2.45) is 11.7 Å². The summed E-state index contributed by atoms with van der Waals surface area (Å²) >= 11 is 0. The molecule has 1 saturated carbocycles. The molecule has 1 aliphatic heterocycles. The van der Waals surface area contributed by atoms with E-state index in [0.717, 1.165) is 25.7 Å². The van der Waals surface area contributed by atoms with Crippen molar-refractivity contribution < 1.29 is 9.59 Å². The Balaban J connectivity index is 1.93. The fraction of sp³-hybridized carbons (Fsp3) is 0.846. The van der Waals surface area contributed by atoms with E-state index in [-0.39, 0.29) is 23.8 Å². The molecular formula is C13H23N3O2. The summed E-state index contributed by atoms with van der Waals surface area (Å²) < 4.78 is 0. The molecule has 5 nitrogen and oxygen atoms in total. The van der Waals surface area contributed by atoms with Crippen LogP contribution in [0.25, 0.3) is 0 Å². The molecule has 2 atom stereocenters. The maximum atomic E-state index is 12.2. The van der Waals surface area contributed by atoms with Gasteiger partial charge in [-0.2, -0.15) is 0 Å². The zero-order valence-corrected chi connectivity index (χ0v) is 11.0. The summed E-state index contributed by atoms with van der Waals surface area (Å²) in [4.78, 5) is 26.1. The van der Waals surface area contributed by atoms with Crippen molar-refractivity contribution in [3.05, 3.63) is 0 Å². The lowest BCUT2D eigenvalue weighted by molar-refractivity contribution is -0.141. The van der Waals surface area contributed by atoms with Crippen molar-refractivity contribution in [1.29, 1.82) is 0 Å². The molecule has 102 valence electrons. The Morgan fingerprint density at radius 3 is 2.72 bits per heavy atom. The summed E-state index contributed by atoms with van der Waals surface area (Å²) in [5.74, 6) is 0.0292. The lowest BCUT2D eigenvalue weighted by atomic mass is 10.1. The molecule has 0 aromatic carbocycles. The van der Waals surface area contributed by atoms with Crippen molar-refractivity contribution in [3.8, 4) is 0 Å². The van der Waals surface area contributed by atoms with E-state index in [1.807, 2.05) is 6.92 Å². The zero-order valence-electron chi connectivity index (χ0n) is 11.0. The van der Waals surface area contributed by atoms with E-state index < -0.39 is 0 Å². The third kappa shape index (κ3) is 3.02. The lowest BCUT2D eigenvalue weighted by Gasteiger charge is -2.26. The van der Waals surface area contributed by atoms with Gasteiger partial charge in [-0.15, -0.1) is 0 Å². The third-order valence-electron chi connectivity index (χ3n) is 3.78. The second-order valence-corrected chi connectivity index (χ2v) is 5.45. The van der Waals surface area contributed by atoms with Crippen LogP contribution in [0.5, 0.6) is 0 Å². The van der Waals surface area contributed by atoms with Gasteiger partial charge >= 0.3 is 0 Å². The number of amides is 2. The molecule has 1 aliphatic carbocycles. The lowest BCUT2D eigenvalue weighted by Crippen LogP contribution is -2.48. The summed E-state index contributed by atoms with van der Waals surface area (Å²) in [6.45, 7) is 3.11. The van der Waals surface area contributed by atoms with Crippen LogP contribution in [-0.2, 0) is 9.59 Å². The van der Waals surface area contributed by atoms with Gasteiger partial charge in [-0.1, -0.05) is 6.92 Å². The Morgan fingerprint density at radius 2 is 2.11 bits per heavy atom. The van der Waals surface area contributed by atoms with Crippen molar-refractivity contribution >= 4 is 11.8 Å². The second kappa shape index (κ2) is 5.69. The second-order valence-electron chi connectivity index (χ2n) is 5.45. The maximum absolute atomic E-state index is 12.2. The smallest absolute Gasteiger partial charge is 0.243 e. The fourth-order valence-corrected chi connectivity index (χ4v) is 2.48. The van der Waals surface area contributed by atoms with E-state index >= 15 is 0 Å².